The first kappa shape index (κ1) is 14.0. The molecular weight excluding hydrogens is 194 g/mol. The third-order valence-electron chi connectivity index (χ3n) is 3.91. The van der Waals surface area contributed by atoms with Crippen LogP contribution >= 0.6 is 0 Å². The lowest BCUT2D eigenvalue weighted by Crippen LogP contribution is -2.24. The maximum absolute atomic E-state index is 4.95. The molecule has 3 unspecified atom stereocenters. The van der Waals surface area contributed by atoms with Gasteiger partial charge in [0.1, 0.15) is 0 Å². The molecule has 1 saturated heterocycles. The van der Waals surface area contributed by atoms with Gasteiger partial charge in [0.05, 0.1) is 0 Å². The van der Waals surface area contributed by atoms with Crippen molar-refractivity contribution in [3.63, 3.8) is 0 Å². The van der Waals surface area contributed by atoms with Gasteiger partial charge in [-0.05, 0) is 37.5 Å². The smallest absolute Gasteiger partial charge is 0.0248 e. The summed E-state index contributed by atoms with van der Waals surface area (Å²) < 4.78 is 0. The van der Waals surface area contributed by atoms with Gasteiger partial charge in [-0.3, -0.25) is 0 Å². The summed E-state index contributed by atoms with van der Waals surface area (Å²) in [7, 11) is 0. The Kier molecular flexibility index (Phi) is 7.11. The molecule has 95 valence electrons. The zero-order chi connectivity index (χ0) is 11.8. The second-order valence-electron chi connectivity index (χ2n) is 5.59. The van der Waals surface area contributed by atoms with E-state index in [0.29, 0.717) is 6.04 Å². The molecule has 0 aromatic carbocycles. The third kappa shape index (κ3) is 4.86. The van der Waals surface area contributed by atoms with E-state index in [2.05, 4.69) is 20.8 Å². The van der Waals surface area contributed by atoms with Crippen LogP contribution in [-0.2, 0) is 0 Å². The largest absolute Gasteiger partial charge is 0.238 e. The van der Waals surface area contributed by atoms with Crippen molar-refractivity contribution < 1.29 is 0 Å². The standard InChI is InChI=1S/C15H30N/c1-4-7-13-10-14(8-5-2)12-16-15(11-13)9-6-3/h13-15H,4-12H2,1-3H3. The molecule has 16 heavy (non-hydrogen) atoms. The van der Waals surface area contributed by atoms with E-state index in [9.17, 15) is 0 Å². The van der Waals surface area contributed by atoms with Gasteiger partial charge in [0.25, 0.3) is 0 Å². The van der Waals surface area contributed by atoms with Crippen molar-refractivity contribution in [3.8, 4) is 0 Å². The van der Waals surface area contributed by atoms with Gasteiger partial charge >= 0.3 is 0 Å². The molecule has 1 rings (SSSR count). The first-order valence-corrected chi connectivity index (χ1v) is 7.46. The fourth-order valence-corrected chi connectivity index (χ4v) is 3.20. The van der Waals surface area contributed by atoms with Gasteiger partial charge in [-0.2, -0.15) is 0 Å². The molecule has 1 aliphatic rings. The van der Waals surface area contributed by atoms with Crippen molar-refractivity contribution in [3.05, 3.63) is 0 Å². The molecule has 1 heterocycles. The monoisotopic (exact) mass is 224 g/mol. The Labute approximate surface area is 102 Å². The second kappa shape index (κ2) is 8.11. The number of nitrogens with zero attached hydrogens (tertiary/aromatic N) is 1. The van der Waals surface area contributed by atoms with E-state index in [1.165, 1.54) is 51.4 Å². The van der Waals surface area contributed by atoms with E-state index in [-0.39, 0.29) is 0 Å². The summed E-state index contributed by atoms with van der Waals surface area (Å²) in [4.78, 5) is 0. The fraction of sp³-hybridized carbons (Fsp3) is 1.00. The molecule has 1 nitrogen and oxygen atoms in total. The summed E-state index contributed by atoms with van der Waals surface area (Å²) in [6.07, 6.45) is 10.9. The molecule has 0 aromatic heterocycles. The lowest BCUT2D eigenvalue weighted by atomic mass is 9.86. The van der Waals surface area contributed by atoms with Gasteiger partial charge in [-0.1, -0.05) is 46.5 Å². The fourth-order valence-electron chi connectivity index (χ4n) is 3.20. The second-order valence-corrected chi connectivity index (χ2v) is 5.59. The van der Waals surface area contributed by atoms with Crippen molar-refractivity contribution in [2.24, 2.45) is 11.8 Å². The van der Waals surface area contributed by atoms with Gasteiger partial charge in [-0.15, -0.1) is 0 Å². The maximum atomic E-state index is 4.95. The summed E-state index contributed by atoms with van der Waals surface area (Å²) >= 11 is 0. The summed E-state index contributed by atoms with van der Waals surface area (Å²) in [5, 5.41) is 4.95. The van der Waals surface area contributed by atoms with Crippen molar-refractivity contribution >= 4 is 0 Å². The Morgan fingerprint density at radius 1 is 0.812 bits per heavy atom. The predicted octanol–water partition coefficient (Wildman–Crippen LogP) is 4.39. The molecule has 0 amide bonds. The predicted molar refractivity (Wildman–Crippen MR) is 71.7 cm³/mol. The minimum atomic E-state index is 0.684. The average molecular weight is 224 g/mol. The van der Waals surface area contributed by atoms with Crippen LogP contribution in [0.2, 0.25) is 0 Å². The topological polar surface area (TPSA) is 14.1 Å². The molecule has 0 spiro atoms. The zero-order valence-corrected chi connectivity index (χ0v) is 11.5. The van der Waals surface area contributed by atoms with Crippen LogP contribution in [0, 0.1) is 11.8 Å². The van der Waals surface area contributed by atoms with E-state index in [1.807, 2.05) is 0 Å². The van der Waals surface area contributed by atoms with Gasteiger partial charge in [0.2, 0.25) is 0 Å². The molecule has 0 aliphatic carbocycles. The first-order valence-electron chi connectivity index (χ1n) is 7.46. The molecule has 0 aromatic rings. The van der Waals surface area contributed by atoms with E-state index >= 15 is 0 Å². The Balaban J connectivity index is 2.46. The van der Waals surface area contributed by atoms with E-state index in [0.717, 1.165) is 18.4 Å². The van der Waals surface area contributed by atoms with Gasteiger partial charge in [0.15, 0.2) is 0 Å². The minimum Gasteiger partial charge on any atom is -0.238 e. The van der Waals surface area contributed by atoms with Gasteiger partial charge in [0, 0.05) is 12.6 Å². The van der Waals surface area contributed by atoms with Gasteiger partial charge < -0.3 is 0 Å². The van der Waals surface area contributed by atoms with Crippen LogP contribution in [0.25, 0.3) is 0 Å². The average Bonchev–Trinajstić information content (AvgIpc) is 2.43. The molecular formula is C15H30N. The number of hydrogen-bond acceptors (Lipinski definition) is 0. The van der Waals surface area contributed by atoms with Crippen LogP contribution in [0.5, 0.6) is 0 Å². The highest BCUT2D eigenvalue weighted by Crippen LogP contribution is 2.29. The third-order valence-corrected chi connectivity index (χ3v) is 3.91. The highest BCUT2D eigenvalue weighted by atomic mass is 14.9. The normalized spacial score (nSPS) is 31.3. The summed E-state index contributed by atoms with van der Waals surface area (Å²) in [6, 6.07) is 0.684. The number of rotatable bonds is 6. The van der Waals surface area contributed by atoms with Crippen molar-refractivity contribution in [2.75, 3.05) is 6.54 Å². The Morgan fingerprint density at radius 2 is 1.44 bits per heavy atom. The van der Waals surface area contributed by atoms with E-state index in [4.69, 9.17) is 5.32 Å². The molecule has 1 heteroatoms. The number of hydrogen-bond donors (Lipinski definition) is 0. The minimum absolute atomic E-state index is 0.684. The molecule has 0 saturated carbocycles. The van der Waals surface area contributed by atoms with Crippen LogP contribution in [0.15, 0.2) is 0 Å². The van der Waals surface area contributed by atoms with Crippen LogP contribution in [0.3, 0.4) is 0 Å². The van der Waals surface area contributed by atoms with Crippen LogP contribution in [0.4, 0.5) is 0 Å². The molecule has 1 aliphatic heterocycles. The molecule has 0 bridgehead atoms. The molecule has 3 atom stereocenters. The first-order chi connectivity index (χ1) is 7.80. The Morgan fingerprint density at radius 3 is 2.06 bits per heavy atom. The summed E-state index contributed by atoms with van der Waals surface area (Å²) in [5.74, 6) is 1.85. The van der Waals surface area contributed by atoms with Crippen molar-refractivity contribution in [1.29, 1.82) is 0 Å². The molecule has 1 radical (unpaired) electrons. The maximum Gasteiger partial charge on any atom is 0.0248 e. The lowest BCUT2D eigenvalue weighted by molar-refractivity contribution is 0.341. The van der Waals surface area contributed by atoms with Crippen LogP contribution in [0.1, 0.15) is 72.1 Å². The molecule has 0 N–H and O–H groups in total. The quantitative estimate of drug-likeness (QED) is 0.635. The Bertz CT molecular complexity index is 151. The Hall–Kier alpha value is -0.0400. The summed E-state index contributed by atoms with van der Waals surface area (Å²) in [5.41, 5.74) is 0. The molecule has 1 fully saturated rings. The highest BCUT2D eigenvalue weighted by molar-refractivity contribution is 4.80. The van der Waals surface area contributed by atoms with Crippen molar-refractivity contribution in [2.45, 2.75) is 78.2 Å². The lowest BCUT2D eigenvalue weighted by Gasteiger charge is -2.19. The summed E-state index contributed by atoms with van der Waals surface area (Å²) in [6.45, 7) is 8.08. The SMILES string of the molecule is CCCC1C[N]C(CCC)CC(CCC)C1. The highest BCUT2D eigenvalue weighted by Gasteiger charge is 2.24. The van der Waals surface area contributed by atoms with Crippen LogP contribution in [-0.4, -0.2) is 12.6 Å². The van der Waals surface area contributed by atoms with Gasteiger partial charge in [-0.25, -0.2) is 5.32 Å². The zero-order valence-electron chi connectivity index (χ0n) is 11.5. The van der Waals surface area contributed by atoms with Crippen LogP contribution < -0.4 is 5.32 Å². The van der Waals surface area contributed by atoms with E-state index < -0.39 is 0 Å². The van der Waals surface area contributed by atoms with E-state index in [1.54, 1.807) is 0 Å². The van der Waals surface area contributed by atoms with Crippen molar-refractivity contribution in [1.82, 2.24) is 5.32 Å².